The van der Waals surface area contributed by atoms with E-state index < -0.39 is 0 Å². The van der Waals surface area contributed by atoms with Gasteiger partial charge in [0.25, 0.3) is 5.91 Å². The van der Waals surface area contributed by atoms with Crippen LogP contribution in [0.5, 0.6) is 11.5 Å². The van der Waals surface area contributed by atoms with Crippen molar-refractivity contribution < 1.29 is 14.3 Å². The minimum absolute atomic E-state index is 0.168. The fourth-order valence-corrected chi connectivity index (χ4v) is 3.36. The van der Waals surface area contributed by atoms with E-state index in [0.29, 0.717) is 28.1 Å². The normalized spacial score (nSPS) is 10.7. The molecule has 0 spiro atoms. The topological polar surface area (TPSA) is 60.5 Å². The number of rotatable bonds is 6. The van der Waals surface area contributed by atoms with Gasteiger partial charge in [-0.15, -0.1) is 11.3 Å². The number of benzene rings is 2. The third-order valence-corrected chi connectivity index (χ3v) is 5.00. The van der Waals surface area contributed by atoms with Gasteiger partial charge in [-0.05, 0) is 41.8 Å². The average Bonchev–Trinajstić information content (AvgIpc) is 3.15. The van der Waals surface area contributed by atoms with Gasteiger partial charge in [-0.3, -0.25) is 10.1 Å². The van der Waals surface area contributed by atoms with Gasteiger partial charge in [-0.25, -0.2) is 4.98 Å². The number of amides is 1. The maximum atomic E-state index is 12.4. The maximum Gasteiger partial charge on any atom is 0.257 e. The van der Waals surface area contributed by atoms with Crippen LogP contribution in [0.2, 0.25) is 0 Å². The molecule has 3 aromatic rings. The number of anilines is 1. The molecule has 2 aromatic carbocycles. The Morgan fingerprint density at radius 2 is 1.74 bits per heavy atom. The van der Waals surface area contributed by atoms with Crippen LogP contribution in [0.25, 0.3) is 11.3 Å². The van der Waals surface area contributed by atoms with Crippen LogP contribution in [0, 0.1) is 0 Å². The summed E-state index contributed by atoms with van der Waals surface area (Å²) in [6.45, 7) is 4.25. The van der Waals surface area contributed by atoms with Gasteiger partial charge >= 0.3 is 0 Å². The zero-order valence-corrected chi connectivity index (χ0v) is 16.6. The molecule has 0 bridgehead atoms. The van der Waals surface area contributed by atoms with Crippen LogP contribution in [0.1, 0.15) is 35.7 Å². The number of thiazole rings is 1. The van der Waals surface area contributed by atoms with Crippen molar-refractivity contribution >= 4 is 22.4 Å². The molecular formula is C21H22N2O3S. The van der Waals surface area contributed by atoms with E-state index in [0.717, 1.165) is 11.3 Å². The number of ether oxygens (including phenoxy) is 2. The average molecular weight is 382 g/mol. The Hall–Kier alpha value is -2.86. The van der Waals surface area contributed by atoms with Gasteiger partial charge in [0.15, 0.2) is 16.6 Å². The fourth-order valence-electron chi connectivity index (χ4n) is 2.65. The molecule has 1 N–H and O–H groups in total. The summed E-state index contributed by atoms with van der Waals surface area (Å²) < 4.78 is 10.6. The number of hydrogen-bond acceptors (Lipinski definition) is 5. The van der Waals surface area contributed by atoms with Crippen LogP contribution in [0.3, 0.4) is 0 Å². The molecule has 0 saturated heterocycles. The minimum Gasteiger partial charge on any atom is -0.493 e. The summed E-state index contributed by atoms with van der Waals surface area (Å²) in [7, 11) is 3.20. The van der Waals surface area contributed by atoms with E-state index in [1.54, 1.807) is 14.2 Å². The zero-order valence-electron chi connectivity index (χ0n) is 15.8. The van der Waals surface area contributed by atoms with Crippen LogP contribution in [0.4, 0.5) is 5.13 Å². The minimum atomic E-state index is -0.168. The summed E-state index contributed by atoms with van der Waals surface area (Å²) in [5, 5.41) is 5.32. The van der Waals surface area contributed by atoms with Gasteiger partial charge in [0.05, 0.1) is 19.9 Å². The Labute approximate surface area is 163 Å². The molecule has 0 aliphatic heterocycles. The number of nitrogens with one attached hydrogen (secondary N) is 1. The Morgan fingerprint density at radius 1 is 1.04 bits per heavy atom. The van der Waals surface area contributed by atoms with E-state index in [4.69, 9.17) is 9.47 Å². The lowest BCUT2D eigenvalue weighted by Crippen LogP contribution is -2.11. The van der Waals surface area contributed by atoms with Gasteiger partial charge < -0.3 is 9.47 Å². The monoisotopic (exact) mass is 382 g/mol. The van der Waals surface area contributed by atoms with Crippen LogP contribution in [-0.2, 0) is 0 Å². The first-order valence-electron chi connectivity index (χ1n) is 8.61. The van der Waals surface area contributed by atoms with Crippen molar-refractivity contribution in [3.8, 4) is 22.8 Å². The predicted molar refractivity (Wildman–Crippen MR) is 109 cm³/mol. The summed E-state index contributed by atoms with van der Waals surface area (Å²) in [6.07, 6.45) is 0. The Balaban J connectivity index is 1.75. The van der Waals surface area contributed by atoms with Crippen molar-refractivity contribution in [1.82, 2.24) is 4.98 Å². The quantitative estimate of drug-likeness (QED) is 0.636. The predicted octanol–water partition coefficient (Wildman–Crippen LogP) is 5.20. The second-order valence-corrected chi connectivity index (χ2v) is 7.20. The summed E-state index contributed by atoms with van der Waals surface area (Å²) >= 11 is 1.38. The highest BCUT2D eigenvalue weighted by molar-refractivity contribution is 7.14. The fraction of sp³-hybridized carbons (Fsp3) is 0.238. The molecule has 1 heterocycles. The van der Waals surface area contributed by atoms with Crippen LogP contribution in [0.15, 0.2) is 47.8 Å². The highest BCUT2D eigenvalue weighted by Gasteiger charge is 2.12. The lowest BCUT2D eigenvalue weighted by atomic mass is 10.0. The molecule has 5 nitrogen and oxygen atoms in total. The molecule has 0 fully saturated rings. The highest BCUT2D eigenvalue weighted by atomic mass is 32.1. The summed E-state index contributed by atoms with van der Waals surface area (Å²) in [6, 6.07) is 13.3. The molecule has 27 heavy (non-hydrogen) atoms. The van der Waals surface area contributed by atoms with E-state index >= 15 is 0 Å². The lowest BCUT2D eigenvalue weighted by Gasteiger charge is -2.08. The molecule has 0 saturated carbocycles. The third-order valence-electron chi connectivity index (χ3n) is 4.24. The number of hydrogen-bond donors (Lipinski definition) is 1. The molecule has 0 aliphatic carbocycles. The van der Waals surface area contributed by atoms with Gasteiger partial charge in [0.2, 0.25) is 0 Å². The Bertz CT molecular complexity index is 933. The van der Waals surface area contributed by atoms with Gasteiger partial charge in [-0.2, -0.15) is 0 Å². The van der Waals surface area contributed by atoms with Crippen LogP contribution >= 0.6 is 11.3 Å². The third kappa shape index (κ3) is 4.28. The first-order valence-corrected chi connectivity index (χ1v) is 9.49. The first-order chi connectivity index (χ1) is 13.0. The number of carbonyl (C=O) groups is 1. The number of nitrogens with zero attached hydrogens (tertiary/aromatic N) is 1. The van der Waals surface area contributed by atoms with E-state index in [-0.39, 0.29) is 5.91 Å². The second kappa shape index (κ2) is 8.22. The van der Waals surface area contributed by atoms with Crippen molar-refractivity contribution in [2.75, 3.05) is 19.5 Å². The maximum absolute atomic E-state index is 12.4. The SMILES string of the molecule is COc1ccc(-c2csc(NC(=O)c3ccc(C(C)C)cc3)n2)cc1OC. The van der Waals surface area contributed by atoms with Crippen molar-refractivity contribution in [2.45, 2.75) is 19.8 Å². The smallest absolute Gasteiger partial charge is 0.257 e. The number of aromatic nitrogens is 1. The lowest BCUT2D eigenvalue weighted by molar-refractivity contribution is 0.102. The zero-order chi connectivity index (χ0) is 19.4. The molecule has 1 aromatic heterocycles. The molecule has 0 aliphatic rings. The van der Waals surface area contributed by atoms with Gasteiger partial charge in [0.1, 0.15) is 0 Å². The van der Waals surface area contributed by atoms with Gasteiger partial charge in [-0.1, -0.05) is 26.0 Å². The summed E-state index contributed by atoms with van der Waals surface area (Å²) in [4.78, 5) is 17.0. The Kier molecular flexibility index (Phi) is 5.76. The molecule has 0 radical (unpaired) electrons. The number of methoxy groups -OCH3 is 2. The van der Waals surface area contributed by atoms with Crippen LogP contribution in [-0.4, -0.2) is 25.1 Å². The summed E-state index contributed by atoms with van der Waals surface area (Å²) in [5.74, 6) is 1.57. The Morgan fingerprint density at radius 3 is 2.37 bits per heavy atom. The van der Waals surface area contributed by atoms with Crippen LogP contribution < -0.4 is 14.8 Å². The van der Waals surface area contributed by atoms with E-state index in [2.05, 4.69) is 24.1 Å². The first kappa shape index (κ1) is 18.9. The number of carbonyl (C=O) groups excluding carboxylic acids is 1. The molecular weight excluding hydrogens is 360 g/mol. The standard InChI is InChI=1S/C21H22N2O3S/c1-13(2)14-5-7-15(8-6-14)20(24)23-21-22-17(12-27-21)16-9-10-18(25-3)19(11-16)26-4/h5-13H,1-4H3,(H,22,23,24). The largest absolute Gasteiger partial charge is 0.493 e. The van der Waals surface area contributed by atoms with Crippen molar-refractivity contribution in [2.24, 2.45) is 0 Å². The highest BCUT2D eigenvalue weighted by Crippen LogP contribution is 2.33. The molecule has 3 rings (SSSR count). The molecule has 6 heteroatoms. The van der Waals surface area contributed by atoms with E-state index in [1.807, 2.05) is 47.8 Å². The van der Waals surface area contributed by atoms with E-state index in [9.17, 15) is 4.79 Å². The van der Waals surface area contributed by atoms with E-state index in [1.165, 1.54) is 16.9 Å². The molecule has 140 valence electrons. The second-order valence-electron chi connectivity index (χ2n) is 6.34. The van der Waals surface area contributed by atoms with Crippen molar-refractivity contribution in [3.05, 3.63) is 59.0 Å². The molecule has 1 amide bonds. The summed E-state index contributed by atoms with van der Waals surface area (Å²) in [5.41, 5.74) is 3.48. The molecule has 0 unspecified atom stereocenters. The van der Waals surface area contributed by atoms with Crippen molar-refractivity contribution in [1.29, 1.82) is 0 Å². The van der Waals surface area contributed by atoms with Crippen molar-refractivity contribution in [3.63, 3.8) is 0 Å². The molecule has 0 atom stereocenters. The van der Waals surface area contributed by atoms with Gasteiger partial charge in [0, 0.05) is 16.5 Å².